The van der Waals surface area contributed by atoms with Gasteiger partial charge in [-0.3, -0.25) is 5.43 Å². The molecule has 2 N–H and O–H groups in total. The van der Waals surface area contributed by atoms with Crippen LogP contribution < -0.4 is 10.7 Å². The van der Waals surface area contributed by atoms with Crippen molar-refractivity contribution in [3.63, 3.8) is 0 Å². The third-order valence-electron chi connectivity index (χ3n) is 2.90. The zero-order valence-electron chi connectivity index (χ0n) is 10.2. The number of aromatic nitrogens is 2. The molecule has 1 saturated heterocycles. The van der Waals surface area contributed by atoms with Gasteiger partial charge in [-0.1, -0.05) is 0 Å². The van der Waals surface area contributed by atoms with Gasteiger partial charge in [-0.05, 0) is 18.9 Å². The van der Waals surface area contributed by atoms with Gasteiger partial charge in [-0.2, -0.15) is 0 Å². The van der Waals surface area contributed by atoms with Gasteiger partial charge in [0.2, 0.25) is 0 Å². The Kier molecular flexibility index (Phi) is 5.35. The van der Waals surface area contributed by atoms with Crippen LogP contribution in [0.3, 0.4) is 0 Å². The first kappa shape index (κ1) is 12.4. The summed E-state index contributed by atoms with van der Waals surface area (Å²) in [6.45, 7) is 5.42. The van der Waals surface area contributed by atoms with E-state index in [0.29, 0.717) is 0 Å². The van der Waals surface area contributed by atoms with Crippen LogP contribution in [0.2, 0.25) is 0 Å². The molecule has 94 valence electrons. The van der Waals surface area contributed by atoms with E-state index in [4.69, 9.17) is 0 Å². The van der Waals surface area contributed by atoms with E-state index < -0.39 is 0 Å². The molecule has 5 heteroatoms. The van der Waals surface area contributed by atoms with Crippen molar-refractivity contribution in [2.24, 2.45) is 0 Å². The van der Waals surface area contributed by atoms with Gasteiger partial charge in [0.1, 0.15) is 5.82 Å². The Hall–Kier alpha value is -1.04. The van der Waals surface area contributed by atoms with Crippen molar-refractivity contribution < 1.29 is 0 Å². The summed E-state index contributed by atoms with van der Waals surface area (Å²) in [6.07, 6.45) is 6.90. The number of hydrazine groups is 1. The third kappa shape index (κ3) is 4.77. The Morgan fingerprint density at radius 1 is 1.18 bits per heavy atom. The summed E-state index contributed by atoms with van der Waals surface area (Å²) in [5, 5.41) is 5.64. The molecular formula is C12H21N5. The van der Waals surface area contributed by atoms with Crippen LogP contribution in [-0.2, 0) is 6.42 Å². The SMILES string of the molecule is c1cnc(CCCCNN2CCNCC2)nc1. The highest BCUT2D eigenvalue weighted by Gasteiger charge is 2.07. The average Bonchev–Trinajstić information content (AvgIpc) is 2.41. The standard InChI is InChI=1S/C12H21N5/c1(4-12-14-5-3-6-15-12)2-7-16-17-10-8-13-9-11-17/h3,5-6,13,16H,1-2,4,7-11H2. The smallest absolute Gasteiger partial charge is 0.128 e. The molecule has 0 radical (unpaired) electrons. The van der Waals surface area contributed by atoms with Crippen molar-refractivity contribution in [3.05, 3.63) is 24.3 Å². The van der Waals surface area contributed by atoms with Crippen LogP contribution in [0.1, 0.15) is 18.7 Å². The summed E-state index contributed by atoms with van der Waals surface area (Å²) < 4.78 is 0. The molecular weight excluding hydrogens is 214 g/mol. The number of nitrogens with zero attached hydrogens (tertiary/aromatic N) is 3. The summed E-state index contributed by atoms with van der Waals surface area (Å²) in [4.78, 5) is 8.43. The van der Waals surface area contributed by atoms with Crippen LogP contribution in [0.15, 0.2) is 18.5 Å². The second kappa shape index (κ2) is 7.32. The average molecular weight is 235 g/mol. The predicted molar refractivity (Wildman–Crippen MR) is 67.4 cm³/mol. The molecule has 0 unspecified atom stereocenters. The maximum Gasteiger partial charge on any atom is 0.128 e. The molecule has 0 aromatic carbocycles. The van der Waals surface area contributed by atoms with Crippen molar-refractivity contribution in [3.8, 4) is 0 Å². The van der Waals surface area contributed by atoms with Gasteiger partial charge in [0.15, 0.2) is 0 Å². The minimum atomic E-state index is 0.953. The van der Waals surface area contributed by atoms with Crippen molar-refractivity contribution in [2.45, 2.75) is 19.3 Å². The van der Waals surface area contributed by atoms with E-state index in [1.165, 1.54) is 6.42 Å². The van der Waals surface area contributed by atoms with Gasteiger partial charge in [0.25, 0.3) is 0 Å². The molecule has 0 aliphatic carbocycles. The molecule has 2 rings (SSSR count). The van der Waals surface area contributed by atoms with Crippen molar-refractivity contribution >= 4 is 0 Å². The lowest BCUT2D eigenvalue weighted by Crippen LogP contribution is -2.50. The Labute approximate surface area is 103 Å². The maximum atomic E-state index is 4.22. The Bertz CT molecular complexity index is 297. The highest BCUT2D eigenvalue weighted by atomic mass is 15.5. The fourth-order valence-corrected chi connectivity index (χ4v) is 1.93. The van der Waals surface area contributed by atoms with E-state index in [9.17, 15) is 0 Å². The topological polar surface area (TPSA) is 53.1 Å². The van der Waals surface area contributed by atoms with E-state index in [2.05, 4.69) is 25.7 Å². The summed E-state index contributed by atoms with van der Waals surface area (Å²) in [5.41, 5.74) is 3.46. The quantitative estimate of drug-likeness (QED) is 0.690. The molecule has 1 aromatic heterocycles. The Balaban J connectivity index is 1.51. The minimum absolute atomic E-state index is 0.953. The second-order valence-corrected chi connectivity index (χ2v) is 4.27. The summed E-state index contributed by atoms with van der Waals surface area (Å²) >= 11 is 0. The van der Waals surface area contributed by atoms with Gasteiger partial charge >= 0.3 is 0 Å². The zero-order chi connectivity index (χ0) is 11.8. The normalized spacial score (nSPS) is 17.2. The highest BCUT2D eigenvalue weighted by molar-refractivity contribution is 4.88. The fourth-order valence-electron chi connectivity index (χ4n) is 1.93. The Morgan fingerprint density at radius 3 is 2.71 bits per heavy atom. The third-order valence-corrected chi connectivity index (χ3v) is 2.90. The highest BCUT2D eigenvalue weighted by Crippen LogP contribution is 1.97. The fraction of sp³-hybridized carbons (Fsp3) is 0.667. The maximum absolute atomic E-state index is 4.22. The predicted octanol–water partition coefficient (Wildman–Crippen LogP) is 0.209. The van der Waals surface area contributed by atoms with Gasteiger partial charge in [-0.15, -0.1) is 0 Å². The molecule has 1 aliphatic rings. The first-order chi connectivity index (χ1) is 8.45. The summed E-state index contributed by atoms with van der Waals surface area (Å²) in [6, 6.07) is 1.86. The zero-order valence-corrected chi connectivity index (χ0v) is 10.2. The molecule has 1 fully saturated rings. The number of rotatable bonds is 6. The van der Waals surface area contributed by atoms with Gasteiger partial charge < -0.3 is 5.32 Å². The lowest BCUT2D eigenvalue weighted by molar-refractivity contribution is 0.163. The van der Waals surface area contributed by atoms with Gasteiger partial charge in [0.05, 0.1) is 0 Å². The van der Waals surface area contributed by atoms with Crippen LogP contribution in [0, 0.1) is 0 Å². The number of hydrogen-bond acceptors (Lipinski definition) is 5. The number of nitrogens with one attached hydrogen (secondary N) is 2. The van der Waals surface area contributed by atoms with Crippen molar-refractivity contribution in [1.29, 1.82) is 0 Å². The molecule has 2 heterocycles. The van der Waals surface area contributed by atoms with E-state index in [1.807, 2.05) is 6.07 Å². The van der Waals surface area contributed by atoms with E-state index in [0.717, 1.165) is 51.4 Å². The molecule has 5 nitrogen and oxygen atoms in total. The molecule has 0 atom stereocenters. The molecule has 0 bridgehead atoms. The lowest BCUT2D eigenvalue weighted by atomic mass is 10.2. The molecule has 1 aliphatic heterocycles. The second-order valence-electron chi connectivity index (χ2n) is 4.27. The molecule has 1 aromatic rings. The molecule has 0 amide bonds. The summed E-state index contributed by atoms with van der Waals surface area (Å²) in [7, 11) is 0. The van der Waals surface area contributed by atoms with Crippen molar-refractivity contribution in [1.82, 2.24) is 25.7 Å². The lowest BCUT2D eigenvalue weighted by Gasteiger charge is -2.27. The molecule has 0 spiro atoms. The minimum Gasteiger partial charge on any atom is -0.314 e. The van der Waals surface area contributed by atoms with E-state index in [-0.39, 0.29) is 0 Å². The largest absolute Gasteiger partial charge is 0.314 e. The van der Waals surface area contributed by atoms with E-state index in [1.54, 1.807) is 12.4 Å². The first-order valence-electron chi connectivity index (χ1n) is 6.40. The van der Waals surface area contributed by atoms with Crippen LogP contribution in [0.4, 0.5) is 0 Å². The number of aryl methyl sites for hydroxylation is 1. The monoisotopic (exact) mass is 235 g/mol. The van der Waals surface area contributed by atoms with E-state index >= 15 is 0 Å². The molecule has 17 heavy (non-hydrogen) atoms. The van der Waals surface area contributed by atoms with Gasteiger partial charge in [0, 0.05) is 51.5 Å². The van der Waals surface area contributed by atoms with Gasteiger partial charge in [-0.25, -0.2) is 15.0 Å². The number of hydrogen-bond donors (Lipinski definition) is 2. The number of unbranched alkanes of at least 4 members (excludes halogenated alkanes) is 1. The first-order valence-corrected chi connectivity index (χ1v) is 6.40. The van der Waals surface area contributed by atoms with Crippen LogP contribution in [0.5, 0.6) is 0 Å². The van der Waals surface area contributed by atoms with Crippen LogP contribution in [0.25, 0.3) is 0 Å². The van der Waals surface area contributed by atoms with Crippen LogP contribution >= 0.6 is 0 Å². The summed E-state index contributed by atoms with van der Waals surface area (Å²) in [5.74, 6) is 0.953. The van der Waals surface area contributed by atoms with Crippen LogP contribution in [-0.4, -0.2) is 47.7 Å². The number of piperazine rings is 1. The van der Waals surface area contributed by atoms with Crippen molar-refractivity contribution in [2.75, 3.05) is 32.7 Å². The Morgan fingerprint density at radius 2 is 1.94 bits per heavy atom. The molecule has 0 saturated carbocycles.